The molecule has 1 rings (SSSR count). The lowest BCUT2D eigenvalue weighted by Crippen LogP contribution is -2.41. The first-order valence-electron chi connectivity index (χ1n) is 7.63. The summed E-state index contributed by atoms with van der Waals surface area (Å²) < 4.78 is 0. The van der Waals surface area contributed by atoms with Crippen LogP contribution in [-0.4, -0.2) is 47.8 Å². The van der Waals surface area contributed by atoms with Gasteiger partial charge in [-0.3, -0.25) is 0 Å². The topological polar surface area (TPSA) is 35.5 Å². The van der Waals surface area contributed by atoms with Crippen LogP contribution in [0.5, 0.6) is 0 Å². The maximum atomic E-state index is 9.38. The molecule has 3 nitrogen and oxygen atoms in total. The molecule has 0 aliphatic heterocycles. The van der Waals surface area contributed by atoms with Gasteiger partial charge in [-0.2, -0.15) is 0 Å². The molecule has 0 aromatic carbocycles. The number of aliphatic hydroxyl groups excluding tert-OH is 1. The standard InChI is InChI=1S/C15H32N2O/c1-12(2)7-9-17(15-5-6-15)10-8-14(11-18)16-13(3)4/h12-16,18H,5-11H2,1-4H3. The van der Waals surface area contributed by atoms with E-state index < -0.39 is 0 Å². The molecule has 0 spiro atoms. The van der Waals surface area contributed by atoms with Crippen molar-refractivity contribution >= 4 is 0 Å². The SMILES string of the molecule is CC(C)CCN(CCC(CO)NC(C)C)C1CC1. The molecule has 3 heteroatoms. The molecule has 1 saturated carbocycles. The highest BCUT2D eigenvalue weighted by Crippen LogP contribution is 2.27. The van der Waals surface area contributed by atoms with Crippen molar-refractivity contribution in [2.45, 2.75) is 71.5 Å². The highest BCUT2D eigenvalue weighted by Gasteiger charge is 2.28. The fourth-order valence-electron chi connectivity index (χ4n) is 2.36. The average molecular weight is 256 g/mol. The van der Waals surface area contributed by atoms with Gasteiger partial charge in [0, 0.05) is 18.1 Å². The largest absolute Gasteiger partial charge is 0.395 e. The van der Waals surface area contributed by atoms with Crippen molar-refractivity contribution in [3.05, 3.63) is 0 Å². The third-order valence-corrected chi connectivity index (χ3v) is 3.61. The zero-order valence-electron chi connectivity index (χ0n) is 12.7. The van der Waals surface area contributed by atoms with Crippen molar-refractivity contribution < 1.29 is 5.11 Å². The lowest BCUT2D eigenvalue weighted by atomic mass is 10.1. The van der Waals surface area contributed by atoms with Gasteiger partial charge in [-0.05, 0) is 44.7 Å². The van der Waals surface area contributed by atoms with E-state index >= 15 is 0 Å². The van der Waals surface area contributed by atoms with Gasteiger partial charge < -0.3 is 15.3 Å². The average Bonchev–Trinajstić information content (AvgIpc) is 3.10. The summed E-state index contributed by atoms with van der Waals surface area (Å²) in [6.07, 6.45) is 5.10. The first kappa shape index (κ1) is 15.9. The highest BCUT2D eigenvalue weighted by molar-refractivity contribution is 4.85. The van der Waals surface area contributed by atoms with Crippen LogP contribution in [-0.2, 0) is 0 Å². The molecule has 0 heterocycles. The molecule has 1 aliphatic carbocycles. The third-order valence-electron chi connectivity index (χ3n) is 3.61. The van der Waals surface area contributed by atoms with Crippen molar-refractivity contribution in [3.8, 4) is 0 Å². The molecule has 1 fully saturated rings. The van der Waals surface area contributed by atoms with Crippen LogP contribution in [0.2, 0.25) is 0 Å². The second-order valence-electron chi connectivity index (χ2n) is 6.44. The van der Waals surface area contributed by atoms with Crippen molar-refractivity contribution in [3.63, 3.8) is 0 Å². The first-order chi connectivity index (χ1) is 8.52. The molecule has 0 amide bonds. The molecule has 0 radical (unpaired) electrons. The molecule has 0 saturated heterocycles. The zero-order chi connectivity index (χ0) is 13.5. The number of hydrogen-bond donors (Lipinski definition) is 2. The molecule has 0 bridgehead atoms. The third kappa shape index (κ3) is 6.72. The van der Waals surface area contributed by atoms with Crippen LogP contribution in [0.15, 0.2) is 0 Å². The van der Waals surface area contributed by atoms with Gasteiger partial charge in [-0.15, -0.1) is 0 Å². The summed E-state index contributed by atoms with van der Waals surface area (Å²) in [5.74, 6) is 0.786. The van der Waals surface area contributed by atoms with Crippen molar-refractivity contribution in [2.75, 3.05) is 19.7 Å². The quantitative estimate of drug-likeness (QED) is 0.629. The number of nitrogens with zero attached hydrogens (tertiary/aromatic N) is 1. The summed E-state index contributed by atoms with van der Waals surface area (Å²) in [5, 5.41) is 12.8. The minimum atomic E-state index is 0.251. The van der Waals surface area contributed by atoms with E-state index in [9.17, 15) is 5.11 Å². The molecule has 0 aromatic heterocycles. The van der Waals surface area contributed by atoms with Gasteiger partial charge in [-0.25, -0.2) is 0 Å². The molecule has 1 atom stereocenters. The van der Waals surface area contributed by atoms with E-state index in [1.807, 2.05) is 0 Å². The van der Waals surface area contributed by atoms with E-state index in [0.29, 0.717) is 6.04 Å². The summed E-state index contributed by atoms with van der Waals surface area (Å²) in [5.41, 5.74) is 0. The van der Waals surface area contributed by atoms with Crippen molar-refractivity contribution in [2.24, 2.45) is 5.92 Å². The zero-order valence-corrected chi connectivity index (χ0v) is 12.7. The van der Waals surface area contributed by atoms with Crippen LogP contribution in [0, 0.1) is 5.92 Å². The summed E-state index contributed by atoms with van der Waals surface area (Å²) in [6, 6.07) is 1.54. The predicted molar refractivity (Wildman–Crippen MR) is 77.8 cm³/mol. The minimum absolute atomic E-state index is 0.251. The second kappa shape index (κ2) is 8.13. The maximum Gasteiger partial charge on any atom is 0.0585 e. The molecule has 0 aromatic rings. The fraction of sp³-hybridized carbons (Fsp3) is 1.00. The van der Waals surface area contributed by atoms with Gasteiger partial charge in [0.15, 0.2) is 0 Å². The van der Waals surface area contributed by atoms with E-state index in [-0.39, 0.29) is 12.6 Å². The Bertz CT molecular complexity index is 215. The van der Waals surface area contributed by atoms with Gasteiger partial charge in [0.2, 0.25) is 0 Å². The van der Waals surface area contributed by atoms with E-state index in [1.54, 1.807) is 0 Å². The van der Waals surface area contributed by atoms with Gasteiger partial charge in [0.1, 0.15) is 0 Å². The van der Waals surface area contributed by atoms with Crippen LogP contribution >= 0.6 is 0 Å². The number of nitrogens with one attached hydrogen (secondary N) is 1. The molecule has 2 N–H and O–H groups in total. The summed E-state index contributed by atoms with van der Waals surface area (Å²) in [4.78, 5) is 2.63. The molecule has 18 heavy (non-hydrogen) atoms. The van der Waals surface area contributed by atoms with Crippen LogP contribution in [0.4, 0.5) is 0 Å². The number of rotatable bonds is 10. The van der Waals surface area contributed by atoms with Crippen LogP contribution < -0.4 is 5.32 Å². The summed E-state index contributed by atoms with van der Waals surface area (Å²) in [7, 11) is 0. The van der Waals surface area contributed by atoms with E-state index in [2.05, 4.69) is 37.9 Å². The number of aliphatic hydroxyl groups is 1. The summed E-state index contributed by atoms with van der Waals surface area (Å²) >= 11 is 0. The normalized spacial score (nSPS) is 18.0. The Kier molecular flexibility index (Phi) is 7.20. The number of hydrogen-bond acceptors (Lipinski definition) is 3. The van der Waals surface area contributed by atoms with Crippen LogP contribution in [0.25, 0.3) is 0 Å². The Morgan fingerprint density at radius 3 is 2.17 bits per heavy atom. The lowest BCUT2D eigenvalue weighted by molar-refractivity contribution is 0.191. The smallest absolute Gasteiger partial charge is 0.0585 e. The molecule has 108 valence electrons. The highest BCUT2D eigenvalue weighted by atomic mass is 16.3. The Morgan fingerprint density at radius 1 is 1.11 bits per heavy atom. The molecular formula is C15H32N2O. The maximum absolute atomic E-state index is 9.38. The van der Waals surface area contributed by atoms with Gasteiger partial charge >= 0.3 is 0 Å². The Labute approximate surface area is 113 Å². The lowest BCUT2D eigenvalue weighted by Gasteiger charge is -2.26. The predicted octanol–water partition coefficient (Wildman–Crippen LogP) is 2.25. The van der Waals surface area contributed by atoms with E-state index in [1.165, 1.54) is 25.8 Å². The van der Waals surface area contributed by atoms with Crippen molar-refractivity contribution in [1.29, 1.82) is 0 Å². The van der Waals surface area contributed by atoms with E-state index in [4.69, 9.17) is 0 Å². The monoisotopic (exact) mass is 256 g/mol. The van der Waals surface area contributed by atoms with Crippen molar-refractivity contribution in [1.82, 2.24) is 10.2 Å². The summed E-state index contributed by atoms with van der Waals surface area (Å²) in [6.45, 7) is 11.5. The Morgan fingerprint density at radius 2 is 1.72 bits per heavy atom. The second-order valence-corrected chi connectivity index (χ2v) is 6.44. The molecule has 1 aliphatic rings. The van der Waals surface area contributed by atoms with Gasteiger partial charge in [0.25, 0.3) is 0 Å². The van der Waals surface area contributed by atoms with Gasteiger partial charge in [0.05, 0.1) is 6.61 Å². The van der Waals surface area contributed by atoms with E-state index in [0.717, 1.165) is 24.9 Å². The minimum Gasteiger partial charge on any atom is -0.395 e. The van der Waals surface area contributed by atoms with Gasteiger partial charge in [-0.1, -0.05) is 27.7 Å². The Hall–Kier alpha value is -0.120. The molecular weight excluding hydrogens is 224 g/mol. The fourth-order valence-corrected chi connectivity index (χ4v) is 2.36. The first-order valence-corrected chi connectivity index (χ1v) is 7.63. The van der Waals surface area contributed by atoms with Crippen LogP contribution in [0.3, 0.4) is 0 Å². The Balaban J connectivity index is 2.27. The van der Waals surface area contributed by atoms with Crippen LogP contribution in [0.1, 0.15) is 53.4 Å². The molecule has 1 unspecified atom stereocenters.